The molecule has 0 spiro atoms. The van der Waals surface area contributed by atoms with Crippen LogP contribution in [-0.2, 0) is 9.53 Å². The number of halogens is 1. The molecule has 1 aromatic heterocycles. The minimum atomic E-state index is -0.638. The number of nitrogens with zero attached hydrogens (tertiary/aromatic N) is 1. The summed E-state index contributed by atoms with van der Waals surface area (Å²) in [6.07, 6.45) is -0.00548. The summed E-state index contributed by atoms with van der Waals surface area (Å²) in [5, 5.41) is 0. The number of fused-ring (bicyclic) bond motifs is 2. The highest BCUT2D eigenvalue weighted by Crippen LogP contribution is 2.30. The van der Waals surface area contributed by atoms with Crippen LogP contribution in [0.5, 0.6) is 0 Å². The van der Waals surface area contributed by atoms with Crippen LogP contribution in [0.4, 0.5) is 0 Å². The van der Waals surface area contributed by atoms with Crippen molar-refractivity contribution in [3.8, 4) is 0 Å². The molecular formula is C22H22ClNO6. The van der Waals surface area contributed by atoms with Crippen molar-refractivity contribution in [3.63, 3.8) is 0 Å². The van der Waals surface area contributed by atoms with Crippen molar-refractivity contribution >= 4 is 35.7 Å². The van der Waals surface area contributed by atoms with Crippen LogP contribution < -0.4 is 0 Å². The van der Waals surface area contributed by atoms with Crippen LogP contribution in [0.2, 0.25) is 0 Å². The van der Waals surface area contributed by atoms with Crippen molar-refractivity contribution in [1.82, 2.24) is 4.90 Å². The van der Waals surface area contributed by atoms with Gasteiger partial charge in [-0.3, -0.25) is 24.1 Å². The minimum absolute atomic E-state index is 0. The largest absolute Gasteiger partial charge is 0.461 e. The van der Waals surface area contributed by atoms with Crippen LogP contribution in [0.25, 0.3) is 0 Å². The average Bonchev–Trinajstić information content (AvgIpc) is 3.33. The maximum atomic E-state index is 12.6. The van der Waals surface area contributed by atoms with E-state index in [1.165, 1.54) is 6.07 Å². The number of carbonyl (C=O) groups excluding carboxylic acids is 4. The van der Waals surface area contributed by atoms with E-state index in [0.717, 1.165) is 13.0 Å². The van der Waals surface area contributed by atoms with Crippen molar-refractivity contribution in [3.05, 3.63) is 58.5 Å². The Hall–Kier alpha value is -2.77. The van der Waals surface area contributed by atoms with Gasteiger partial charge in [0.25, 0.3) is 0 Å². The maximum absolute atomic E-state index is 12.6. The number of benzene rings is 1. The third-order valence-corrected chi connectivity index (χ3v) is 5.38. The number of ketones is 3. The summed E-state index contributed by atoms with van der Waals surface area (Å²) in [4.78, 5) is 52.0. The molecule has 0 N–H and O–H groups in total. The second-order valence-corrected chi connectivity index (χ2v) is 7.65. The quantitative estimate of drug-likeness (QED) is 0.348. The van der Waals surface area contributed by atoms with Crippen molar-refractivity contribution in [2.75, 3.05) is 13.1 Å². The Balaban J connectivity index is 0.00000256. The standard InChI is InChI=1S/C22H21NO6.ClH/c1-12(2)23-8-7-13(11-23)28-19(25)10-17(24)18-9-16-20(26)14-5-3-4-6-15(14)21(27)22(16)29-18;/h3-6,9,12-13H,7-8,10-11H2,1-2H3;1H. The Bertz CT molecular complexity index is 972. The lowest BCUT2D eigenvalue weighted by atomic mass is 9.88. The van der Waals surface area contributed by atoms with E-state index in [0.29, 0.717) is 12.6 Å². The second-order valence-electron chi connectivity index (χ2n) is 7.65. The number of esters is 1. The molecule has 1 unspecified atom stereocenters. The normalized spacial score (nSPS) is 18.0. The lowest BCUT2D eigenvalue weighted by Gasteiger charge is -2.19. The predicted molar refractivity (Wildman–Crippen MR) is 109 cm³/mol. The van der Waals surface area contributed by atoms with Gasteiger partial charge < -0.3 is 9.15 Å². The highest BCUT2D eigenvalue weighted by atomic mass is 35.5. The topological polar surface area (TPSA) is 93.9 Å². The molecular weight excluding hydrogens is 410 g/mol. The molecule has 2 aliphatic rings. The van der Waals surface area contributed by atoms with E-state index >= 15 is 0 Å². The zero-order chi connectivity index (χ0) is 20.7. The molecule has 1 atom stereocenters. The van der Waals surface area contributed by atoms with E-state index < -0.39 is 24.0 Å². The molecule has 1 aromatic carbocycles. The van der Waals surface area contributed by atoms with Crippen LogP contribution in [0.1, 0.15) is 69.3 Å². The Morgan fingerprint density at radius 2 is 1.80 bits per heavy atom. The SMILES string of the molecule is CC(C)N1CCC(OC(=O)CC(=O)c2cc3c(o2)C(=O)c2ccccc2C3=O)C1.Cl. The van der Waals surface area contributed by atoms with E-state index in [9.17, 15) is 19.2 Å². The second kappa shape index (κ2) is 8.53. The summed E-state index contributed by atoms with van der Waals surface area (Å²) in [5.41, 5.74) is 0.572. The summed E-state index contributed by atoms with van der Waals surface area (Å²) in [6.45, 7) is 5.65. The monoisotopic (exact) mass is 431 g/mol. The molecule has 158 valence electrons. The number of carbonyl (C=O) groups is 4. The Morgan fingerprint density at radius 1 is 1.13 bits per heavy atom. The Morgan fingerprint density at radius 3 is 2.43 bits per heavy atom. The number of rotatable bonds is 5. The van der Waals surface area contributed by atoms with Gasteiger partial charge in [-0.1, -0.05) is 24.3 Å². The van der Waals surface area contributed by atoms with E-state index in [4.69, 9.17) is 9.15 Å². The number of hydrogen-bond donors (Lipinski definition) is 0. The van der Waals surface area contributed by atoms with Crippen molar-refractivity contribution in [2.24, 2.45) is 0 Å². The Labute approximate surface area is 179 Å². The van der Waals surface area contributed by atoms with E-state index in [-0.39, 0.29) is 52.5 Å². The van der Waals surface area contributed by atoms with Crippen LogP contribution in [0.3, 0.4) is 0 Å². The van der Waals surface area contributed by atoms with Gasteiger partial charge in [0, 0.05) is 30.3 Å². The summed E-state index contributed by atoms with van der Waals surface area (Å²) in [5.74, 6) is -2.42. The molecule has 0 saturated carbocycles. The lowest BCUT2D eigenvalue weighted by molar-refractivity contribution is -0.147. The third-order valence-electron chi connectivity index (χ3n) is 5.38. The number of ether oxygens (including phenoxy) is 1. The van der Waals surface area contributed by atoms with Gasteiger partial charge in [-0.25, -0.2) is 0 Å². The molecule has 1 fully saturated rings. The average molecular weight is 432 g/mol. The van der Waals surface area contributed by atoms with Crippen LogP contribution in [0.15, 0.2) is 34.7 Å². The number of Topliss-reactive ketones (excluding diaryl/α,β-unsaturated/α-hetero) is 1. The van der Waals surface area contributed by atoms with Crippen molar-refractivity contribution in [2.45, 2.75) is 38.8 Å². The molecule has 1 aliphatic carbocycles. The van der Waals surface area contributed by atoms with Gasteiger partial charge in [-0.2, -0.15) is 0 Å². The summed E-state index contributed by atoms with van der Waals surface area (Å²) in [6, 6.07) is 8.05. The molecule has 2 heterocycles. The van der Waals surface area contributed by atoms with Gasteiger partial charge >= 0.3 is 5.97 Å². The molecule has 1 saturated heterocycles. The molecule has 0 amide bonds. The molecule has 1 aliphatic heterocycles. The summed E-state index contributed by atoms with van der Waals surface area (Å²) < 4.78 is 10.8. The van der Waals surface area contributed by atoms with E-state index in [1.54, 1.807) is 24.3 Å². The lowest BCUT2D eigenvalue weighted by Crippen LogP contribution is -2.30. The molecule has 7 nitrogen and oxygen atoms in total. The van der Waals surface area contributed by atoms with Gasteiger partial charge in [0.2, 0.25) is 11.6 Å². The van der Waals surface area contributed by atoms with Gasteiger partial charge in [0.1, 0.15) is 12.5 Å². The Kier molecular flexibility index (Phi) is 6.24. The zero-order valence-corrected chi connectivity index (χ0v) is 17.5. The van der Waals surface area contributed by atoms with E-state index in [2.05, 4.69) is 18.7 Å². The van der Waals surface area contributed by atoms with E-state index in [1.807, 2.05) is 0 Å². The van der Waals surface area contributed by atoms with Crippen LogP contribution in [-0.4, -0.2) is 53.5 Å². The molecule has 0 radical (unpaired) electrons. The van der Waals surface area contributed by atoms with Gasteiger partial charge in [0.05, 0.1) is 5.56 Å². The molecule has 0 bridgehead atoms. The fourth-order valence-electron chi connectivity index (χ4n) is 3.78. The first-order valence-corrected chi connectivity index (χ1v) is 9.64. The van der Waals surface area contributed by atoms with Crippen LogP contribution >= 0.6 is 12.4 Å². The van der Waals surface area contributed by atoms with Crippen LogP contribution in [0, 0.1) is 0 Å². The first-order chi connectivity index (χ1) is 13.8. The minimum Gasteiger partial charge on any atom is -0.461 e. The number of hydrogen-bond acceptors (Lipinski definition) is 7. The zero-order valence-electron chi connectivity index (χ0n) is 16.7. The fourth-order valence-corrected chi connectivity index (χ4v) is 3.78. The van der Waals surface area contributed by atoms with Gasteiger partial charge in [-0.15, -0.1) is 12.4 Å². The molecule has 2 aromatic rings. The smallest absolute Gasteiger partial charge is 0.314 e. The van der Waals surface area contributed by atoms with Crippen molar-refractivity contribution < 1.29 is 28.3 Å². The number of furan rings is 1. The fraction of sp³-hybridized carbons (Fsp3) is 0.364. The van der Waals surface area contributed by atoms with Gasteiger partial charge in [0.15, 0.2) is 17.3 Å². The number of likely N-dealkylation sites (tertiary alicyclic amines) is 1. The first-order valence-electron chi connectivity index (χ1n) is 9.64. The van der Waals surface area contributed by atoms with Crippen molar-refractivity contribution in [1.29, 1.82) is 0 Å². The predicted octanol–water partition coefficient (Wildman–Crippen LogP) is 3.08. The molecule has 8 heteroatoms. The molecule has 4 rings (SSSR count). The summed E-state index contributed by atoms with van der Waals surface area (Å²) in [7, 11) is 0. The maximum Gasteiger partial charge on any atom is 0.314 e. The third kappa shape index (κ3) is 3.95. The highest BCUT2D eigenvalue weighted by molar-refractivity contribution is 6.28. The van der Waals surface area contributed by atoms with Gasteiger partial charge in [-0.05, 0) is 26.3 Å². The molecule has 30 heavy (non-hydrogen) atoms. The summed E-state index contributed by atoms with van der Waals surface area (Å²) >= 11 is 0. The highest BCUT2D eigenvalue weighted by Gasteiger charge is 2.35. The first kappa shape index (κ1) is 21.9.